The number of hydrogen-bond donors (Lipinski definition) is 10. The molecule has 13 nitrogen and oxygen atoms in total. The number of benzene rings is 2. The van der Waals surface area contributed by atoms with Gasteiger partial charge in [-0.1, -0.05) is 0 Å². The molecule has 2 aromatic rings. The van der Waals surface area contributed by atoms with Gasteiger partial charge in [-0.3, -0.25) is 9.59 Å². The van der Waals surface area contributed by atoms with E-state index in [0.29, 0.717) is 0 Å². The highest BCUT2D eigenvalue weighted by Crippen LogP contribution is 2.25. The molecule has 0 heterocycles. The number of phenols is 4. The van der Waals surface area contributed by atoms with Crippen LogP contribution in [0.25, 0.3) is 0 Å². The van der Waals surface area contributed by atoms with Gasteiger partial charge in [-0.15, -0.1) is 0 Å². The van der Waals surface area contributed by atoms with E-state index >= 15 is 0 Å². The molecule has 0 saturated carbocycles. The largest absolute Gasteiger partial charge is 0.508 e. The first kappa shape index (κ1) is 20.3. The van der Waals surface area contributed by atoms with Crippen molar-refractivity contribution in [3.05, 3.63) is 47.5 Å². The van der Waals surface area contributed by atoms with Gasteiger partial charge >= 0.3 is 0 Å². The molecule has 236 valence electrons. The van der Waals surface area contributed by atoms with E-state index in [2.05, 4.69) is 5.32 Å². The molecule has 2 aromatic carbocycles. The Balaban J connectivity index is -0.000000832. The van der Waals surface area contributed by atoms with Gasteiger partial charge in [0.1, 0.15) is 23.0 Å². The van der Waals surface area contributed by atoms with Crippen molar-refractivity contribution in [2.45, 2.75) is 78.3 Å². The standard InChI is InChI=1S/2C12H19NO3.2C2H4O2.H2O/c2*1-12(2,3)13-7-11(16)8-4-9(14)6-10(15)5-8;2*1-2(3)4;/h2*4-6,11,13-16H,7H2,1-3H3;2*1H3,(H,3,4);1H2/i1D3,2D3,3D3;1D3,2D3;;;. The van der Waals surface area contributed by atoms with E-state index in [-0.39, 0.29) is 46.1 Å². The first-order valence-electron chi connectivity index (χ1n) is 18.6. The van der Waals surface area contributed by atoms with Gasteiger partial charge in [0.05, 0.1) is 12.2 Å². The molecule has 0 aliphatic rings. The van der Waals surface area contributed by atoms with Gasteiger partial charge in [0.25, 0.3) is 11.9 Å². The van der Waals surface area contributed by atoms with Crippen LogP contribution < -0.4 is 10.6 Å². The van der Waals surface area contributed by atoms with E-state index in [0.717, 1.165) is 45.0 Å². The van der Waals surface area contributed by atoms with E-state index in [9.17, 15) is 30.6 Å². The highest BCUT2D eigenvalue weighted by molar-refractivity contribution is 5.63. The van der Waals surface area contributed by atoms with Crippen LogP contribution in [0, 0.1) is 0 Å². The molecule has 41 heavy (non-hydrogen) atoms. The van der Waals surface area contributed by atoms with Gasteiger partial charge in [0, 0.05) is 70.7 Å². The van der Waals surface area contributed by atoms with E-state index in [1.54, 1.807) is 0 Å². The number of carboxylic acids is 2. The number of rotatable bonds is 6. The second kappa shape index (κ2) is 19.5. The number of aliphatic hydroxyl groups excluding tert-OH is 2. The third kappa shape index (κ3) is 26.4. The fourth-order valence-electron chi connectivity index (χ4n) is 2.41. The molecular weight excluding hydrogens is 540 g/mol. The fraction of sp³-hybridized carbons (Fsp3) is 0.500. The number of aromatic hydroxyl groups is 4. The van der Waals surface area contributed by atoms with Crippen LogP contribution in [0.4, 0.5) is 0 Å². The van der Waals surface area contributed by atoms with Crippen molar-refractivity contribution in [2.75, 3.05) is 13.1 Å². The smallest absolute Gasteiger partial charge is 0.300 e. The summed E-state index contributed by atoms with van der Waals surface area (Å²) in [5.41, 5.74) is -5.41. The maximum Gasteiger partial charge on any atom is 0.300 e. The number of carbonyl (C=O) groups is 2. The zero-order chi connectivity index (χ0) is 44.3. The molecule has 2 unspecified atom stereocenters. The number of carboxylic acid groups (broad SMARTS) is 2. The molecule has 2 rings (SSSR count). The minimum atomic E-state index is -3.44. The summed E-state index contributed by atoms with van der Waals surface area (Å²) in [5, 5.41) is 76.8. The van der Waals surface area contributed by atoms with E-state index in [1.807, 2.05) is 5.32 Å². The molecule has 0 spiro atoms. The summed E-state index contributed by atoms with van der Waals surface area (Å²) in [7, 11) is 0. The quantitative estimate of drug-likeness (QED) is 0.228. The highest BCUT2D eigenvalue weighted by Gasteiger charge is 2.15. The number of β-amino-alcohol motifs (C(OH)–C–C–N with tert-alkyl or cyclic N) is 2. The first-order valence-corrected chi connectivity index (χ1v) is 11.1. The van der Waals surface area contributed by atoms with Crippen molar-refractivity contribution < 1.29 is 76.5 Å². The van der Waals surface area contributed by atoms with Crippen molar-refractivity contribution in [3.63, 3.8) is 0 Å². The van der Waals surface area contributed by atoms with Crippen LogP contribution in [-0.2, 0) is 9.59 Å². The number of hydrogen-bond acceptors (Lipinski definition) is 10. The minimum Gasteiger partial charge on any atom is -0.508 e. The number of aliphatic hydroxyl groups is 2. The Morgan fingerprint density at radius 1 is 0.683 bits per heavy atom. The SMILES string of the molecule is CC(=O)O.CC(=O)O.O.[2H]C([2H])([2H])C(C)(NCC(O)c1cc(O)cc(O)c1)C([2H])([2H])[2H].[2H]C([2H])([2H])C(NCC(O)c1cc(O)cc(O)c1)(C([2H])([2H])[2H])C([2H])([2H])[2H]. The second-order valence-corrected chi connectivity index (χ2v) is 8.27. The summed E-state index contributed by atoms with van der Waals surface area (Å²) in [5.74, 6) is -2.99. The first-order chi connectivity index (χ1) is 24.3. The van der Waals surface area contributed by atoms with Crippen LogP contribution in [-0.4, -0.2) is 82.4 Å². The maximum atomic E-state index is 10.1. The molecule has 0 fully saturated rings. The van der Waals surface area contributed by atoms with Crippen LogP contribution in [0.2, 0.25) is 0 Å². The van der Waals surface area contributed by atoms with Crippen LogP contribution in [0.5, 0.6) is 23.0 Å². The van der Waals surface area contributed by atoms with Gasteiger partial charge < -0.3 is 57.0 Å². The topological polar surface area (TPSA) is 252 Å². The lowest BCUT2D eigenvalue weighted by Crippen LogP contribution is -2.38. The molecule has 0 aliphatic carbocycles. The normalized spacial score (nSPS) is 18.9. The summed E-state index contributed by atoms with van der Waals surface area (Å²) >= 11 is 0. The molecule has 12 N–H and O–H groups in total. The van der Waals surface area contributed by atoms with Crippen LogP contribution in [0.1, 0.15) is 98.9 Å². The van der Waals surface area contributed by atoms with E-state index in [1.165, 1.54) is 12.1 Å². The molecule has 2 atom stereocenters. The number of phenolic OH excluding ortho intramolecular Hbond substituents is 4. The van der Waals surface area contributed by atoms with E-state index < -0.39 is 76.0 Å². The monoisotopic (exact) mass is 603 g/mol. The zero-order valence-corrected chi connectivity index (χ0v) is 22.4. The lowest BCUT2D eigenvalue weighted by atomic mass is 10.1. The second-order valence-electron chi connectivity index (χ2n) is 8.27. The van der Waals surface area contributed by atoms with Crippen LogP contribution in [0.15, 0.2) is 36.4 Å². The Morgan fingerprint density at radius 2 is 0.927 bits per heavy atom. The lowest BCUT2D eigenvalue weighted by molar-refractivity contribution is -0.135. The summed E-state index contributed by atoms with van der Waals surface area (Å²) in [6, 6.07) is 6.56. The molecular formula is C28H48N2O11. The van der Waals surface area contributed by atoms with Gasteiger partial charge in [0.2, 0.25) is 0 Å². The average Bonchev–Trinajstić information content (AvgIpc) is 2.91. The van der Waals surface area contributed by atoms with Gasteiger partial charge in [-0.2, -0.15) is 0 Å². The molecule has 0 radical (unpaired) electrons. The number of aliphatic carboxylic acids is 2. The maximum absolute atomic E-state index is 10.1. The predicted molar refractivity (Wildman–Crippen MR) is 155 cm³/mol. The highest BCUT2D eigenvalue weighted by atomic mass is 16.4. The summed E-state index contributed by atoms with van der Waals surface area (Å²) < 4.78 is 112. The third-order valence-electron chi connectivity index (χ3n) is 3.83. The lowest BCUT2D eigenvalue weighted by Gasteiger charge is -2.23. The van der Waals surface area contributed by atoms with Crippen molar-refractivity contribution in [2.24, 2.45) is 0 Å². The average molecular weight is 604 g/mol. The number of nitrogens with one attached hydrogen (secondary N) is 2. The van der Waals surface area contributed by atoms with Crippen LogP contribution >= 0.6 is 0 Å². The molecule has 0 saturated heterocycles. The zero-order valence-electron chi connectivity index (χ0n) is 37.4. The van der Waals surface area contributed by atoms with Crippen molar-refractivity contribution in [1.29, 1.82) is 0 Å². The van der Waals surface area contributed by atoms with Crippen molar-refractivity contribution in [3.8, 4) is 23.0 Å². The third-order valence-corrected chi connectivity index (χ3v) is 3.83. The summed E-state index contributed by atoms with van der Waals surface area (Å²) in [6.07, 6.45) is -2.88. The Morgan fingerprint density at radius 3 is 1.17 bits per heavy atom. The fourth-order valence-corrected chi connectivity index (χ4v) is 2.41. The Kier molecular flexibility index (Phi) is 9.63. The van der Waals surface area contributed by atoms with Gasteiger partial charge in [0.15, 0.2) is 0 Å². The minimum absolute atomic E-state index is 0. The molecule has 0 amide bonds. The Labute approximate surface area is 262 Å². The van der Waals surface area contributed by atoms with Crippen molar-refractivity contribution in [1.82, 2.24) is 10.6 Å². The molecule has 13 heteroatoms. The van der Waals surface area contributed by atoms with Gasteiger partial charge in [-0.25, -0.2) is 0 Å². The van der Waals surface area contributed by atoms with Crippen molar-refractivity contribution >= 4 is 11.9 Å². The van der Waals surface area contributed by atoms with E-state index in [4.69, 9.17) is 40.4 Å². The Hall–Kier alpha value is -3.62. The summed E-state index contributed by atoms with van der Waals surface area (Å²) in [4.78, 5) is 18.0. The predicted octanol–water partition coefficient (Wildman–Crippen LogP) is 2.40. The van der Waals surface area contributed by atoms with Crippen LogP contribution in [0.3, 0.4) is 0 Å². The molecule has 0 aliphatic heterocycles. The van der Waals surface area contributed by atoms with Gasteiger partial charge in [-0.05, 0) is 76.6 Å². The summed E-state index contributed by atoms with van der Waals surface area (Å²) in [6.45, 7) is -13.9. The Bertz CT molecular complexity index is 1440. The molecule has 0 bridgehead atoms. The molecule has 0 aromatic heterocycles.